The molecule has 0 aliphatic carbocycles. The number of hydrogen-bond acceptors (Lipinski definition) is 3. The summed E-state index contributed by atoms with van der Waals surface area (Å²) in [6.07, 6.45) is 0.517. The molecule has 76 valence electrons. The van der Waals surface area contributed by atoms with E-state index < -0.39 is 0 Å². The molecule has 1 aromatic carbocycles. The minimum absolute atomic E-state index is 0.281. The first-order valence-electron chi connectivity index (χ1n) is 4.71. The molecule has 0 heterocycles. The molecule has 0 aliphatic heterocycles. The van der Waals surface area contributed by atoms with E-state index in [1.54, 1.807) is 0 Å². The standard InChI is InChI=1S/C11H15NO2/c1-2-13-11(12)8-9-14-10-6-4-3-5-7-10/h3-7,12H,2,8-9H2,1H3. The summed E-state index contributed by atoms with van der Waals surface area (Å²) in [5.41, 5.74) is 0. The van der Waals surface area contributed by atoms with Crippen molar-refractivity contribution in [3.63, 3.8) is 0 Å². The predicted octanol–water partition coefficient (Wildman–Crippen LogP) is 2.47. The largest absolute Gasteiger partial charge is 0.493 e. The smallest absolute Gasteiger partial charge is 0.183 e. The highest BCUT2D eigenvalue weighted by atomic mass is 16.5. The summed E-state index contributed by atoms with van der Waals surface area (Å²) in [5.74, 6) is 1.11. The summed E-state index contributed by atoms with van der Waals surface area (Å²) in [6.45, 7) is 2.90. The maximum absolute atomic E-state index is 7.35. The molecule has 0 saturated carbocycles. The van der Waals surface area contributed by atoms with E-state index in [4.69, 9.17) is 14.9 Å². The fourth-order valence-electron chi connectivity index (χ4n) is 1.02. The lowest BCUT2D eigenvalue weighted by atomic mass is 10.3. The van der Waals surface area contributed by atoms with E-state index in [9.17, 15) is 0 Å². The third kappa shape index (κ3) is 3.94. The van der Waals surface area contributed by atoms with E-state index in [-0.39, 0.29) is 5.90 Å². The van der Waals surface area contributed by atoms with Crippen LogP contribution in [0.25, 0.3) is 0 Å². The van der Waals surface area contributed by atoms with Gasteiger partial charge in [-0.2, -0.15) is 0 Å². The first-order valence-corrected chi connectivity index (χ1v) is 4.71. The van der Waals surface area contributed by atoms with Gasteiger partial charge in [-0.05, 0) is 19.1 Å². The van der Waals surface area contributed by atoms with E-state index in [1.807, 2.05) is 37.3 Å². The lowest BCUT2D eigenvalue weighted by molar-refractivity contribution is 0.282. The highest BCUT2D eigenvalue weighted by molar-refractivity contribution is 5.72. The van der Waals surface area contributed by atoms with Crippen molar-refractivity contribution in [3.8, 4) is 5.75 Å². The molecule has 1 aromatic rings. The molecule has 3 heteroatoms. The number of rotatable bonds is 5. The lowest BCUT2D eigenvalue weighted by Crippen LogP contribution is -2.08. The van der Waals surface area contributed by atoms with Crippen molar-refractivity contribution in [2.24, 2.45) is 0 Å². The maximum Gasteiger partial charge on any atom is 0.183 e. The molecule has 0 fully saturated rings. The molecule has 14 heavy (non-hydrogen) atoms. The summed E-state index contributed by atoms with van der Waals surface area (Å²) in [4.78, 5) is 0. The normalized spacial score (nSPS) is 9.50. The van der Waals surface area contributed by atoms with Crippen molar-refractivity contribution in [1.29, 1.82) is 5.41 Å². The van der Waals surface area contributed by atoms with Gasteiger partial charge in [-0.3, -0.25) is 5.41 Å². The zero-order valence-electron chi connectivity index (χ0n) is 8.32. The van der Waals surface area contributed by atoms with Crippen LogP contribution in [0.5, 0.6) is 5.75 Å². The van der Waals surface area contributed by atoms with Gasteiger partial charge in [-0.1, -0.05) is 18.2 Å². The quantitative estimate of drug-likeness (QED) is 0.576. The summed E-state index contributed by atoms with van der Waals surface area (Å²) in [7, 11) is 0. The molecular formula is C11H15NO2. The van der Waals surface area contributed by atoms with Crippen LogP contribution in [0.15, 0.2) is 30.3 Å². The Morgan fingerprint density at radius 3 is 2.64 bits per heavy atom. The van der Waals surface area contributed by atoms with Crippen molar-refractivity contribution in [2.45, 2.75) is 13.3 Å². The van der Waals surface area contributed by atoms with Gasteiger partial charge in [0, 0.05) is 0 Å². The molecule has 0 radical (unpaired) electrons. The van der Waals surface area contributed by atoms with Crippen LogP contribution >= 0.6 is 0 Å². The van der Waals surface area contributed by atoms with E-state index in [2.05, 4.69) is 0 Å². The highest BCUT2D eigenvalue weighted by Gasteiger charge is 1.97. The summed E-state index contributed by atoms with van der Waals surface area (Å²) in [5, 5.41) is 7.35. The molecule has 0 unspecified atom stereocenters. The van der Waals surface area contributed by atoms with Gasteiger partial charge in [0.1, 0.15) is 5.75 Å². The van der Waals surface area contributed by atoms with Gasteiger partial charge in [0.05, 0.1) is 19.6 Å². The van der Waals surface area contributed by atoms with Gasteiger partial charge >= 0.3 is 0 Å². The van der Waals surface area contributed by atoms with Gasteiger partial charge < -0.3 is 9.47 Å². The Balaban J connectivity index is 2.19. The van der Waals surface area contributed by atoms with Crippen LogP contribution in [0.3, 0.4) is 0 Å². The van der Waals surface area contributed by atoms with Gasteiger partial charge in [0.15, 0.2) is 5.90 Å². The van der Waals surface area contributed by atoms with Crippen molar-refractivity contribution >= 4 is 5.90 Å². The van der Waals surface area contributed by atoms with Crippen LogP contribution in [-0.4, -0.2) is 19.1 Å². The highest BCUT2D eigenvalue weighted by Crippen LogP contribution is 2.08. The lowest BCUT2D eigenvalue weighted by Gasteiger charge is -2.06. The number of para-hydroxylation sites is 1. The average Bonchev–Trinajstić information content (AvgIpc) is 2.20. The van der Waals surface area contributed by atoms with E-state index in [0.29, 0.717) is 19.6 Å². The summed E-state index contributed by atoms with van der Waals surface area (Å²) in [6, 6.07) is 9.57. The molecule has 0 amide bonds. The average molecular weight is 193 g/mol. The molecular weight excluding hydrogens is 178 g/mol. The van der Waals surface area contributed by atoms with Crippen LogP contribution in [0.4, 0.5) is 0 Å². The van der Waals surface area contributed by atoms with Gasteiger partial charge in [-0.25, -0.2) is 0 Å². The van der Waals surface area contributed by atoms with Crippen LogP contribution in [-0.2, 0) is 4.74 Å². The monoisotopic (exact) mass is 193 g/mol. The van der Waals surface area contributed by atoms with Crippen LogP contribution in [0, 0.1) is 5.41 Å². The summed E-state index contributed by atoms with van der Waals surface area (Å²) < 4.78 is 10.4. The van der Waals surface area contributed by atoms with Gasteiger partial charge in [0.2, 0.25) is 0 Å². The molecule has 0 spiro atoms. The second kappa shape index (κ2) is 6.02. The number of nitrogens with one attached hydrogen (secondary N) is 1. The van der Waals surface area contributed by atoms with E-state index in [0.717, 1.165) is 5.75 Å². The zero-order valence-corrected chi connectivity index (χ0v) is 8.32. The maximum atomic E-state index is 7.35. The Labute approximate surface area is 84.2 Å². The molecule has 3 nitrogen and oxygen atoms in total. The molecule has 0 saturated heterocycles. The second-order valence-electron chi connectivity index (χ2n) is 2.77. The SMILES string of the molecule is CCOC(=N)CCOc1ccccc1. The van der Waals surface area contributed by atoms with Crippen molar-refractivity contribution in [1.82, 2.24) is 0 Å². The Morgan fingerprint density at radius 2 is 2.00 bits per heavy atom. The van der Waals surface area contributed by atoms with Crippen molar-refractivity contribution in [3.05, 3.63) is 30.3 Å². The zero-order chi connectivity index (χ0) is 10.2. The van der Waals surface area contributed by atoms with Crippen LogP contribution in [0.1, 0.15) is 13.3 Å². The predicted molar refractivity (Wildman–Crippen MR) is 55.9 cm³/mol. The molecule has 0 aliphatic rings. The van der Waals surface area contributed by atoms with Crippen molar-refractivity contribution < 1.29 is 9.47 Å². The van der Waals surface area contributed by atoms with Crippen LogP contribution in [0.2, 0.25) is 0 Å². The number of ether oxygens (including phenoxy) is 2. The molecule has 1 N–H and O–H groups in total. The second-order valence-corrected chi connectivity index (χ2v) is 2.77. The molecule has 1 rings (SSSR count). The first kappa shape index (κ1) is 10.6. The van der Waals surface area contributed by atoms with E-state index >= 15 is 0 Å². The minimum Gasteiger partial charge on any atom is -0.493 e. The third-order valence-corrected chi connectivity index (χ3v) is 1.66. The fourth-order valence-corrected chi connectivity index (χ4v) is 1.02. The fraction of sp³-hybridized carbons (Fsp3) is 0.364. The van der Waals surface area contributed by atoms with Gasteiger partial charge in [0.25, 0.3) is 0 Å². The number of hydrogen-bond donors (Lipinski definition) is 1. The Kier molecular flexibility index (Phi) is 4.55. The Hall–Kier alpha value is -1.51. The molecule has 0 atom stereocenters. The van der Waals surface area contributed by atoms with E-state index in [1.165, 1.54) is 0 Å². The Morgan fingerprint density at radius 1 is 1.29 bits per heavy atom. The number of benzene rings is 1. The molecule has 0 aromatic heterocycles. The summed E-state index contributed by atoms with van der Waals surface area (Å²) >= 11 is 0. The first-order chi connectivity index (χ1) is 6.83. The van der Waals surface area contributed by atoms with Gasteiger partial charge in [-0.15, -0.1) is 0 Å². The third-order valence-electron chi connectivity index (χ3n) is 1.66. The minimum atomic E-state index is 0.281. The van der Waals surface area contributed by atoms with Crippen LogP contribution < -0.4 is 4.74 Å². The Bertz CT molecular complexity index is 272. The molecule has 0 bridgehead atoms. The van der Waals surface area contributed by atoms with Crippen molar-refractivity contribution in [2.75, 3.05) is 13.2 Å². The topological polar surface area (TPSA) is 42.3 Å².